The molecule has 0 aromatic heterocycles. The van der Waals surface area contributed by atoms with Gasteiger partial charge in [-0.1, -0.05) is 46.3 Å². The van der Waals surface area contributed by atoms with Crippen LogP contribution in [0, 0.1) is 0 Å². The van der Waals surface area contributed by atoms with Crippen LogP contribution in [0.4, 0.5) is 0 Å². The molecule has 96 valence electrons. The molecule has 1 atom stereocenters. The highest BCUT2D eigenvalue weighted by atomic mass is 79.9. The molecule has 0 aliphatic carbocycles. The number of hydrogen-bond donors (Lipinski definition) is 0. The van der Waals surface area contributed by atoms with Crippen LogP contribution in [0.3, 0.4) is 0 Å². The zero-order valence-corrected chi connectivity index (χ0v) is 12.4. The summed E-state index contributed by atoms with van der Waals surface area (Å²) >= 11 is 3.44. The lowest BCUT2D eigenvalue weighted by Gasteiger charge is -2.27. The Labute approximate surface area is 116 Å². The average Bonchev–Trinajstić information content (AvgIpc) is 2.58. The normalized spacial score (nSPS) is 20.2. The number of amides is 1. The molecule has 1 aromatic carbocycles. The van der Waals surface area contributed by atoms with Crippen LogP contribution in [0.15, 0.2) is 35.4 Å². The highest BCUT2D eigenvalue weighted by Gasteiger charge is 2.39. The number of carbonyl (C=O) groups excluding carboxylic acids is 1. The zero-order chi connectivity index (χ0) is 13.3. The maximum Gasteiger partial charge on any atom is 0.262 e. The SMILES string of the molecule is CC(C)(C)N1N=C(Cc2ccccc2)C(Br)C1=O. The van der Waals surface area contributed by atoms with E-state index in [-0.39, 0.29) is 16.3 Å². The minimum absolute atomic E-state index is 0.0217. The Kier molecular flexibility index (Phi) is 3.57. The van der Waals surface area contributed by atoms with Gasteiger partial charge in [-0.05, 0) is 26.3 Å². The molecule has 18 heavy (non-hydrogen) atoms. The van der Waals surface area contributed by atoms with Gasteiger partial charge in [0.15, 0.2) is 0 Å². The maximum absolute atomic E-state index is 12.1. The zero-order valence-electron chi connectivity index (χ0n) is 10.9. The summed E-state index contributed by atoms with van der Waals surface area (Å²) in [6, 6.07) is 10.1. The third-order valence-corrected chi connectivity index (χ3v) is 3.73. The Bertz CT molecular complexity index is 476. The van der Waals surface area contributed by atoms with Crippen molar-refractivity contribution in [3.63, 3.8) is 0 Å². The van der Waals surface area contributed by atoms with Crippen LogP contribution < -0.4 is 0 Å². The smallest absolute Gasteiger partial charge is 0.262 e. The molecule has 1 aromatic rings. The Morgan fingerprint density at radius 2 is 1.89 bits per heavy atom. The minimum atomic E-state index is -0.295. The van der Waals surface area contributed by atoms with Crippen molar-refractivity contribution >= 4 is 27.5 Å². The van der Waals surface area contributed by atoms with E-state index >= 15 is 0 Å². The van der Waals surface area contributed by atoms with Crippen molar-refractivity contribution in [2.45, 2.75) is 37.6 Å². The van der Waals surface area contributed by atoms with E-state index in [4.69, 9.17) is 0 Å². The molecule has 2 rings (SSSR count). The first-order valence-electron chi connectivity index (χ1n) is 5.99. The molecule has 1 aliphatic heterocycles. The van der Waals surface area contributed by atoms with Crippen LogP contribution in [-0.2, 0) is 11.2 Å². The molecule has 1 unspecified atom stereocenters. The number of halogens is 1. The molecule has 3 nitrogen and oxygen atoms in total. The van der Waals surface area contributed by atoms with Crippen molar-refractivity contribution < 1.29 is 4.79 Å². The summed E-state index contributed by atoms with van der Waals surface area (Å²) in [6.07, 6.45) is 0.703. The van der Waals surface area contributed by atoms with Gasteiger partial charge >= 0.3 is 0 Å². The van der Waals surface area contributed by atoms with Crippen LogP contribution in [0.25, 0.3) is 0 Å². The fourth-order valence-electron chi connectivity index (χ4n) is 1.89. The lowest BCUT2D eigenvalue weighted by Crippen LogP contribution is -2.41. The van der Waals surface area contributed by atoms with Crippen molar-refractivity contribution in [2.24, 2.45) is 5.10 Å². The van der Waals surface area contributed by atoms with Gasteiger partial charge in [-0.2, -0.15) is 5.10 Å². The van der Waals surface area contributed by atoms with E-state index in [0.29, 0.717) is 6.42 Å². The summed E-state index contributed by atoms with van der Waals surface area (Å²) in [5.74, 6) is 0.0217. The first-order chi connectivity index (χ1) is 8.39. The van der Waals surface area contributed by atoms with E-state index < -0.39 is 0 Å². The monoisotopic (exact) mass is 308 g/mol. The van der Waals surface area contributed by atoms with E-state index in [0.717, 1.165) is 5.71 Å². The van der Waals surface area contributed by atoms with Gasteiger partial charge in [0.2, 0.25) is 0 Å². The first-order valence-corrected chi connectivity index (χ1v) is 6.90. The summed E-state index contributed by atoms with van der Waals surface area (Å²) in [5.41, 5.74) is 1.77. The fraction of sp³-hybridized carbons (Fsp3) is 0.429. The average molecular weight is 309 g/mol. The summed E-state index contributed by atoms with van der Waals surface area (Å²) in [6.45, 7) is 5.96. The highest BCUT2D eigenvalue weighted by Crippen LogP contribution is 2.26. The third-order valence-electron chi connectivity index (χ3n) is 2.81. The van der Waals surface area contributed by atoms with Crippen LogP contribution in [0.5, 0.6) is 0 Å². The van der Waals surface area contributed by atoms with Crippen molar-refractivity contribution in [3.05, 3.63) is 35.9 Å². The molecular weight excluding hydrogens is 292 g/mol. The van der Waals surface area contributed by atoms with E-state index in [1.165, 1.54) is 5.56 Å². The van der Waals surface area contributed by atoms with Gasteiger partial charge in [0.05, 0.1) is 11.3 Å². The number of nitrogens with zero attached hydrogens (tertiary/aromatic N) is 2. The predicted molar refractivity (Wildman–Crippen MR) is 76.9 cm³/mol. The second-order valence-electron chi connectivity index (χ2n) is 5.44. The van der Waals surface area contributed by atoms with Crippen molar-refractivity contribution in [2.75, 3.05) is 0 Å². The van der Waals surface area contributed by atoms with Crippen molar-refractivity contribution in [1.29, 1.82) is 0 Å². The molecule has 0 radical (unpaired) electrons. The lowest BCUT2D eigenvalue weighted by molar-refractivity contribution is -0.132. The molecule has 0 spiro atoms. The summed E-state index contributed by atoms with van der Waals surface area (Å²) < 4.78 is 0. The fourth-order valence-corrected chi connectivity index (χ4v) is 2.34. The molecule has 1 heterocycles. The van der Waals surface area contributed by atoms with Crippen LogP contribution in [0.1, 0.15) is 26.3 Å². The number of hydrogen-bond acceptors (Lipinski definition) is 2. The second kappa shape index (κ2) is 4.84. The van der Waals surface area contributed by atoms with Crippen molar-refractivity contribution in [1.82, 2.24) is 5.01 Å². The molecule has 1 aliphatic rings. The summed E-state index contributed by atoms with van der Waals surface area (Å²) in [7, 11) is 0. The molecule has 0 saturated heterocycles. The predicted octanol–water partition coefficient (Wildman–Crippen LogP) is 2.99. The second-order valence-corrected chi connectivity index (χ2v) is 6.35. The number of carbonyl (C=O) groups is 1. The lowest BCUT2D eigenvalue weighted by atomic mass is 10.1. The van der Waals surface area contributed by atoms with Crippen LogP contribution in [-0.4, -0.2) is 27.0 Å². The number of benzene rings is 1. The molecule has 0 N–H and O–H groups in total. The van der Waals surface area contributed by atoms with Gasteiger partial charge in [-0.25, -0.2) is 5.01 Å². The van der Waals surface area contributed by atoms with E-state index in [2.05, 4.69) is 21.0 Å². The van der Waals surface area contributed by atoms with Crippen LogP contribution >= 0.6 is 15.9 Å². The molecule has 0 bridgehead atoms. The Morgan fingerprint density at radius 1 is 1.28 bits per heavy atom. The first kappa shape index (κ1) is 13.3. The molecule has 4 heteroatoms. The largest absolute Gasteiger partial charge is 0.271 e. The van der Waals surface area contributed by atoms with Gasteiger partial charge in [0, 0.05) is 6.42 Å². The van der Waals surface area contributed by atoms with Gasteiger partial charge < -0.3 is 0 Å². The van der Waals surface area contributed by atoms with Crippen LogP contribution in [0.2, 0.25) is 0 Å². The third kappa shape index (κ3) is 2.64. The van der Waals surface area contributed by atoms with Gasteiger partial charge in [0.25, 0.3) is 5.91 Å². The van der Waals surface area contributed by atoms with E-state index in [9.17, 15) is 4.79 Å². The van der Waals surface area contributed by atoms with Gasteiger partial charge in [-0.3, -0.25) is 4.79 Å². The standard InChI is InChI=1S/C14H17BrN2O/c1-14(2,3)17-13(18)12(15)11(16-17)9-10-7-5-4-6-8-10/h4-8,12H,9H2,1-3H3. The summed E-state index contributed by atoms with van der Waals surface area (Å²) in [5, 5.41) is 6.04. The van der Waals surface area contributed by atoms with Gasteiger partial charge in [0.1, 0.15) is 4.83 Å². The molecule has 1 amide bonds. The Hall–Kier alpha value is -1.16. The van der Waals surface area contributed by atoms with E-state index in [1.54, 1.807) is 5.01 Å². The van der Waals surface area contributed by atoms with E-state index in [1.807, 2.05) is 51.1 Å². The Morgan fingerprint density at radius 3 is 2.39 bits per heavy atom. The molecule has 0 fully saturated rings. The van der Waals surface area contributed by atoms with Crippen molar-refractivity contribution in [3.8, 4) is 0 Å². The topological polar surface area (TPSA) is 32.7 Å². The van der Waals surface area contributed by atoms with Gasteiger partial charge in [-0.15, -0.1) is 0 Å². The Balaban J connectivity index is 2.21. The number of alkyl halides is 1. The summed E-state index contributed by atoms with van der Waals surface area (Å²) in [4.78, 5) is 11.8. The minimum Gasteiger partial charge on any atom is -0.271 e. The maximum atomic E-state index is 12.1. The highest BCUT2D eigenvalue weighted by molar-refractivity contribution is 9.10. The number of rotatable bonds is 2. The molecule has 0 saturated carbocycles. The molecular formula is C14H17BrN2O. The quantitative estimate of drug-likeness (QED) is 0.773. The number of hydrazone groups is 1.